The monoisotopic (exact) mass is 428 g/mol. The van der Waals surface area contributed by atoms with E-state index in [0.29, 0.717) is 48.3 Å². The van der Waals surface area contributed by atoms with Gasteiger partial charge in [-0.05, 0) is 62.5 Å². The molecule has 2 aliphatic heterocycles. The number of hydrogen-bond donors (Lipinski definition) is 0. The van der Waals surface area contributed by atoms with Crippen molar-refractivity contribution in [1.82, 2.24) is 0 Å². The molecule has 3 fully saturated rings. The minimum Gasteiger partial charge on any atom is -0.490 e. The van der Waals surface area contributed by atoms with Crippen molar-refractivity contribution in [2.75, 3.05) is 26.4 Å². The van der Waals surface area contributed by atoms with E-state index in [9.17, 15) is 0 Å². The van der Waals surface area contributed by atoms with Crippen LogP contribution in [0.1, 0.15) is 49.9 Å². The predicted octanol–water partition coefficient (Wildman–Crippen LogP) is 3.89. The van der Waals surface area contributed by atoms with E-state index in [0.717, 1.165) is 32.8 Å². The van der Waals surface area contributed by atoms with Crippen LogP contribution in [0.25, 0.3) is 0 Å². The fourth-order valence-electron chi connectivity index (χ4n) is 5.85. The molecule has 6 unspecified atom stereocenters. The Labute approximate surface area is 189 Å². The molecule has 1 saturated carbocycles. The Bertz CT molecular complexity index is 756. The maximum Gasteiger partial charge on any atom is 0.162 e. The van der Waals surface area contributed by atoms with Crippen LogP contribution in [-0.2, 0) is 14.2 Å². The summed E-state index contributed by atoms with van der Waals surface area (Å²) in [6.07, 6.45) is 0.954. The maximum atomic E-state index is 6.37. The summed E-state index contributed by atoms with van der Waals surface area (Å²) in [6.45, 7) is 21.8. The molecule has 2 heterocycles. The molecule has 6 atom stereocenters. The Hall–Kier alpha value is -1.04. The first kappa shape index (κ1) is 23.1. The number of benzene rings is 1. The molecule has 1 aromatic rings. The topological polar surface area (TPSA) is 43.5 Å². The summed E-state index contributed by atoms with van der Waals surface area (Å²) in [5, 5.41) is 0. The van der Waals surface area contributed by atoms with Gasteiger partial charge in [0.25, 0.3) is 0 Å². The van der Waals surface area contributed by atoms with E-state index < -0.39 is 0 Å². The van der Waals surface area contributed by atoms with Gasteiger partial charge < -0.3 is 18.9 Å². The molecule has 0 bridgehead atoms. The molecule has 3 aliphatic rings. The summed E-state index contributed by atoms with van der Waals surface area (Å²) in [5.41, 5.74) is 6.92. The SMILES string of the molecule is Cc1c(C)c(OCC2CO2)c(C)c(C)c1BC1C(C)C(C)C(OCC2CO2)C(C)C1C. The lowest BCUT2D eigenvalue weighted by Gasteiger charge is -2.48. The van der Waals surface area contributed by atoms with Gasteiger partial charge in [-0.25, -0.2) is 0 Å². The second kappa shape index (κ2) is 9.07. The number of rotatable bonds is 8. The summed E-state index contributed by atoms with van der Waals surface area (Å²) >= 11 is 0. The Morgan fingerprint density at radius 1 is 0.742 bits per heavy atom. The molecule has 0 spiro atoms. The smallest absolute Gasteiger partial charge is 0.162 e. The minimum absolute atomic E-state index is 0.285. The standard InChI is InChI=1S/C26H41BO4/c1-13-17(5)25(30-11-21-9-28-21)18(6)14(2)23(13)27-24-15(3)19(7)26(20(8)16(24)4)31-12-22-10-29-22/h13-14,17-18,21-23,25,27H,9-12H2,1-8H3. The molecule has 4 nitrogen and oxygen atoms in total. The molecule has 0 amide bonds. The van der Waals surface area contributed by atoms with Crippen molar-refractivity contribution in [2.24, 2.45) is 23.7 Å². The van der Waals surface area contributed by atoms with Crippen molar-refractivity contribution >= 4 is 12.7 Å². The molecule has 172 valence electrons. The highest BCUT2D eigenvalue weighted by atomic mass is 16.6. The van der Waals surface area contributed by atoms with Crippen molar-refractivity contribution in [1.29, 1.82) is 0 Å². The van der Waals surface area contributed by atoms with Crippen molar-refractivity contribution in [2.45, 2.75) is 79.5 Å². The highest BCUT2D eigenvalue weighted by Gasteiger charge is 2.45. The number of epoxide rings is 2. The molecular formula is C26H41BO4. The highest BCUT2D eigenvalue weighted by molar-refractivity contribution is 6.56. The maximum absolute atomic E-state index is 6.37. The van der Waals surface area contributed by atoms with Crippen molar-refractivity contribution < 1.29 is 18.9 Å². The Balaban J connectivity index is 1.53. The first-order chi connectivity index (χ1) is 14.7. The molecule has 31 heavy (non-hydrogen) atoms. The predicted molar refractivity (Wildman–Crippen MR) is 127 cm³/mol. The largest absolute Gasteiger partial charge is 0.490 e. The first-order valence-corrected chi connectivity index (χ1v) is 12.3. The van der Waals surface area contributed by atoms with E-state index >= 15 is 0 Å². The van der Waals surface area contributed by atoms with Gasteiger partial charge in [0, 0.05) is 0 Å². The van der Waals surface area contributed by atoms with Crippen molar-refractivity contribution in [3.8, 4) is 5.75 Å². The van der Waals surface area contributed by atoms with E-state index in [1.54, 1.807) is 0 Å². The average molecular weight is 428 g/mol. The lowest BCUT2D eigenvalue weighted by molar-refractivity contribution is -0.0776. The van der Waals surface area contributed by atoms with Gasteiger partial charge >= 0.3 is 0 Å². The van der Waals surface area contributed by atoms with Crippen molar-refractivity contribution in [3.63, 3.8) is 0 Å². The van der Waals surface area contributed by atoms with Gasteiger partial charge in [-0.15, -0.1) is 0 Å². The Morgan fingerprint density at radius 3 is 1.71 bits per heavy atom. The average Bonchev–Trinajstić information content (AvgIpc) is 3.65. The summed E-state index contributed by atoms with van der Waals surface area (Å²) in [4.78, 5) is 0. The van der Waals surface area contributed by atoms with Crippen LogP contribution in [0.15, 0.2) is 0 Å². The second-order valence-corrected chi connectivity index (χ2v) is 10.6. The normalized spacial score (nSPS) is 36.9. The van der Waals surface area contributed by atoms with Gasteiger partial charge in [0.1, 0.15) is 24.6 Å². The van der Waals surface area contributed by atoms with Crippen LogP contribution in [0.5, 0.6) is 5.75 Å². The van der Waals surface area contributed by atoms with Gasteiger partial charge in [-0.3, -0.25) is 0 Å². The van der Waals surface area contributed by atoms with E-state index in [2.05, 4.69) is 55.4 Å². The molecule has 0 aromatic heterocycles. The highest BCUT2D eigenvalue weighted by Crippen LogP contribution is 2.47. The van der Waals surface area contributed by atoms with Crippen LogP contribution in [0.2, 0.25) is 5.82 Å². The van der Waals surface area contributed by atoms with Crippen LogP contribution in [-0.4, -0.2) is 52.0 Å². The van der Waals surface area contributed by atoms with Gasteiger partial charge in [0.2, 0.25) is 0 Å². The zero-order valence-corrected chi connectivity index (χ0v) is 20.8. The van der Waals surface area contributed by atoms with Gasteiger partial charge in [-0.1, -0.05) is 50.1 Å². The minimum atomic E-state index is 0.285. The number of ether oxygens (including phenoxy) is 4. The molecular weight excluding hydrogens is 387 g/mol. The first-order valence-electron chi connectivity index (χ1n) is 12.3. The fraction of sp³-hybridized carbons (Fsp3) is 0.769. The number of hydrogen-bond acceptors (Lipinski definition) is 4. The van der Waals surface area contributed by atoms with E-state index in [1.165, 1.54) is 27.7 Å². The summed E-state index contributed by atoms with van der Waals surface area (Å²) in [6, 6.07) is 0. The van der Waals surface area contributed by atoms with Crippen LogP contribution in [0.4, 0.5) is 0 Å². The zero-order chi connectivity index (χ0) is 22.4. The third-order valence-electron chi connectivity index (χ3n) is 8.89. The Kier molecular flexibility index (Phi) is 6.77. The van der Waals surface area contributed by atoms with Crippen LogP contribution >= 0.6 is 0 Å². The summed E-state index contributed by atoms with van der Waals surface area (Å²) < 4.78 is 23.3. The van der Waals surface area contributed by atoms with Crippen LogP contribution in [0.3, 0.4) is 0 Å². The molecule has 5 heteroatoms. The van der Waals surface area contributed by atoms with Crippen molar-refractivity contribution in [3.05, 3.63) is 22.3 Å². The quantitative estimate of drug-likeness (QED) is 0.466. The molecule has 0 radical (unpaired) electrons. The van der Waals surface area contributed by atoms with Crippen LogP contribution < -0.4 is 10.2 Å². The third kappa shape index (κ3) is 4.70. The second-order valence-electron chi connectivity index (χ2n) is 10.6. The molecule has 0 N–H and O–H groups in total. The summed E-state index contributed by atoms with van der Waals surface area (Å²) in [5.74, 6) is 4.08. The van der Waals surface area contributed by atoms with Gasteiger partial charge in [-0.2, -0.15) is 0 Å². The van der Waals surface area contributed by atoms with Crippen LogP contribution in [0, 0.1) is 51.4 Å². The van der Waals surface area contributed by atoms with E-state index in [4.69, 9.17) is 18.9 Å². The Morgan fingerprint density at radius 2 is 1.23 bits per heavy atom. The molecule has 4 rings (SSSR count). The van der Waals surface area contributed by atoms with Gasteiger partial charge in [0.05, 0.1) is 25.9 Å². The van der Waals surface area contributed by atoms with Gasteiger partial charge in [0.15, 0.2) is 7.28 Å². The molecule has 1 aliphatic carbocycles. The zero-order valence-electron chi connectivity index (χ0n) is 20.8. The lowest BCUT2D eigenvalue weighted by Crippen LogP contribution is -2.48. The third-order valence-corrected chi connectivity index (χ3v) is 8.89. The summed E-state index contributed by atoms with van der Waals surface area (Å²) in [7, 11) is 1.14. The molecule has 1 aromatic carbocycles. The fourth-order valence-corrected chi connectivity index (χ4v) is 5.85. The van der Waals surface area contributed by atoms with E-state index in [-0.39, 0.29) is 6.10 Å². The lowest BCUT2D eigenvalue weighted by atomic mass is 9.43. The molecule has 2 saturated heterocycles. The van der Waals surface area contributed by atoms with E-state index in [1.807, 2.05) is 0 Å².